The van der Waals surface area contributed by atoms with Crippen molar-refractivity contribution in [3.8, 4) is 0 Å². The number of aromatic nitrogens is 4. The zero-order valence-electron chi connectivity index (χ0n) is 27.2. The molecule has 3 N–H and O–H groups in total. The number of nitrogens with zero attached hydrogens (tertiary/aromatic N) is 6. The van der Waals surface area contributed by atoms with Gasteiger partial charge in [-0.15, -0.1) is 0 Å². The zero-order chi connectivity index (χ0) is 34.0. The van der Waals surface area contributed by atoms with E-state index < -0.39 is 29.7 Å². The van der Waals surface area contributed by atoms with E-state index in [0.29, 0.717) is 24.0 Å². The van der Waals surface area contributed by atoms with Gasteiger partial charge in [0.05, 0.1) is 16.5 Å². The number of para-hydroxylation sites is 1. The lowest BCUT2D eigenvalue weighted by atomic mass is 9.98. The second-order valence-corrected chi connectivity index (χ2v) is 12.8. The SMILES string of the molecule is Cc1cccc(C)c1Nc1nn(C)c2nc(Nc3ccc4c(c3)CN(c3ccc5c(c3)C(=O)N(C3CCC(=O)NC3=O)C5=O)CC4)ncc12. The Morgan fingerprint density at radius 1 is 0.878 bits per heavy atom. The van der Waals surface area contributed by atoms with Crippen molar-refractivity contribution in [1.82, 2.24) is 30.0 Å². The Labute approximate surface area is 281 Å². The number of hydrogen-bond donors (Lipinski definition) is 3. The van der Waals surface area contributed by atoms with Crippen LogP contribution < -0.4 is 20.9 Å². The van der Waals surface area contributed by atoms with E-state index in [-0.39, 0.29) is 24.0 Å². The first-order valence-electron chi connectivity index (χ1n) is 16.2. The molecule has 13 nitrogen and oxygen atoms in total. The standard InChI is InChI=1S/C36H33N9O4/c1-19-5-4-6-20(2)30(19)40-31-27-17-37-36(41-32(27)43(3)42-31)38-23-8-7-21-13-14-44(18-22(21)15-23)24-9-10-25-26(16-24)35(49)45(34(25)48)28-11-12-29(46)39-33(28)47/h4-10,15-17,28H,11-14,18H2,1-3H3,(H,40,42)(H,37,38,41)(H,39,46,47). The van der Waals surface area contributed by atoms with Gasteiger partial charge in [0.1, 0.15) is 6.04 Å². The van der Waals surface area contributed by atoms with Crippen molar-refractivity contribution in [3.63, 3.8) is 0 Å². The minimum atomic E-state index is -0.995. The van der Waals surface area contributed by atoms with Crippen LogP contribution in [0.4, 0.5) is 28.8 Å². The number of rotatable bonds is 6. The van der Waals surface area contributed by atoms with Gasteiger partial charge in [-0.05, 0) is 79.3 Å². The Balaban J connectivity index is 0.998. The Morgan fingerprint density at radius 2 is 1.67 bits per heavy atom. The van der Waals surface area contributed by atoms with Gasteiger partial charge < -0.3 is 15.5 Å². The molecule has 5 heterocycles. The van der Waals surface area contributed by atoms with Crippen LogP contribution in [0.25, 0.3) is 11.0 Å². The summed E-state index contributed by atoms with van der Waals surface area (Å²) in [6.45, 7) is 5.45. The molecule has 0 saturated carbocycles. The van der Waals surface area contributed by atoms with Crippen LogP contribution in [-0.2, 0) is 29.6 Å². The molecule has 0 aliphatic carbocycles. The molecule has 246 valence electrons. The average Bonchev–Trinajstić information content (AvgIpc) is 3.53. The van der Waals surface area contributed by atoms with Crippen LogP contribution in [0.5, 0.6) is 0 Å². The lowest BCUT2D eigenvalue weighted by Crippen LogP contribution is -2.54. The van der Waals surface area contributed by atoms with Crippen molar-refractivity contribution >= 4 is 63.5 Å². The Bertz CT molecular complexity index is 2220. The highest BCUT2D eigenvalue weighted by Gasteiger charge is 2.44. The molecule has 5 aromatic rings. The van der Waals surface area contributed by atoms with E-state index in [4.69, 9.17) is 4.98 Å². The van der Waals surface area contributed by atoms with E-state index in [0.717, 1.165) is 57.0 Å². The van der Waals surface area contributed by atoms with Gasteiger partial charge in [0.15, 0.2) is 11.5 Å². The smallest absolute Gasteiger partial charge is 0.262 e. The minimum Gasteiger partial charge on any atom is -0.367 e. The quantitative estimate of drug-likeness (QED) is 0.224. The molecule has 1 atom stereocenters. The van der Waals surface area contributed by atoms with E-state index in [1.165, 1.54) is 5.56 Å². The number of piperidine rings is 1. The fraction of sp³-hybridized carbons (Fsp3) is 0.250. The molecule has 1 saturated heterocycles. The molecule has 0 spiro atoms. The topological polar surface area (TPSA) is 154 Å². The number of amides is 4. The molecule has 0 bridgehead atoms. The third kappa shape index (κ3) is 5.23. The van der Waals surface area contributed by atoms with Crippen molar-refractivity contribution in [2.45, 2.75) is 45.7 Å². The summed E-state index contributed by atoms with van der Waals surface area (Å²) < 4.78 is 1.74. The molecule has 13 heteroatoms. The summed E-state index contributed by atoms with van der Waals surface area (Å²) in [6, 6.07) is 16.6. The number of carbonyl (C=O) groups excluding carboxylic acids is 4. The maximum atomic E-state index is 13.4. The van der Waals surface area contributed by atoms with Crippen LogP contribution in [0.1, 0.15) is 55.8 Å². The van der Waals surface area contributed by atoms with Crippen molar-refractivity contribution in [2.75, 3.05) is 22.1 Å². The van der Waals surface area contributed by atoms with Crippen LogP contribution in [0.3, 0.4) is 0 Å². The summed E-state index contributed by atoms with van der Waals surface area (Å²) in [6.07, 6.45) is 2.77. The number of fused-ring (bicyclic) bond motifs is 3. The maximum Gasteiger partial charge on any atom is 0.262 e. The van der Waals surface area contributed by atoms with Crippen molar-refractivity contribution < 1.29 is 19.2 Å². The molecule has 4 amide bonds. The predicted octanol–water partition coefficient (Wildman–Crippen LogP) is 4.43. The van der Waals surface area contributed by atoms with Gasteiger partial charge in [-0.1, -0.05) is 24.3 Å². The van der Waals surface area contributed by atoms with E-state index in [2.05, 4.69) is 69.0 Å². The van der Waals surface area contributed by atoms with Gasteiger partial charge in [0.25, 0.3) is 11.8 Å². The molecule has 2 aromatic heterocycles. The largest absolute Gasteiger partial charge is 0.367 e. The highest BCUT2D eigenvalue weighted by molar-refractivity contribution is 6.23. The van der Waals surface area contributed by atoms with Crippen molar-refractivity contribution in [3.05, 3.63) is 94.2 Å². The first-order chi connectivity index (χ1) is 23.6. The fourth-order valence-electron chi connectivity index (χ4n) is 6.96. The predicted molar refractivity (Wildman–Crippen MR) is 183 cm³/mol. The second-order valence-electron chi connectivity index (χ2n) is 12.8. The van der Waals surface area contributed by atoms with Crippen LogP contribution in [-0.4, -0.2) is 60.9 Å². The maximum absolute atomic E-state index is 13.4. The van der Waals surface area contributed by atoms with Gasteiger partial charge in [0.2, 0.25) is 17.8 Å². The van der Waals surface area contributed by atoms with E-state index in [1.54, 1.807) is 23.0 Å². The summed E-state index contributed by atoms with van der Waals surface area (Å²) in [5, 5.41) is 14.5. The van der Waals surface area contributed by atoms with E-state index >= 15 is 0 Å². The first-order valence-corrected chi connectivity index (χ1v) is 16.2. The molecular weight excluding hydrogens is 622 g/mol. The number of anilines is 5. The fourth-order valence-corrected chi connectivity index (χ4v) is 6.96. The van der Waals surface area contributed by atoms with Gasteiger partial charge in [0, 0.05) is 49.8 Å². The number of hydrogen-bond acceptors (Lipinski definition) is 10. The van der Waals surface area contributed by atoms with Crippen LogP contribution in [0.2, 0.25) is 0 Å². The summed E-state index contributed by atoms with van der Waals surface area (Å²) in [7, 11) is 1.86. The van der Waals surface area contributed by atoms with Crippen LogP contribution >= 0.6 is 0 Å². The number of imide groups is 2. The Morgan fingerprint density at radius 3 is 2.47 bits per heavy atom. The summed E-state index contributed by atoms with van der Waals surface area (Å²) in [4.78, 5) is 63.2. The lowest BCUT2D eigenvalue weighted by molar-refractivity contribution is -0.136. The molecule has 49 heavy (non-hydrogen) atoms. The lowest BCUT2D eigenvalue weighted by Gasteiger charge is -2.31. The highest BCUT2D eigenvalue weighted by Crippen LogP contribution is 2.34. The molecule has 3 aliphatic heterocycles. The number of benzene rings is 3. The summed E-state index contributed by atoms with van der Waals surface area (Å²) in [5.74, 6) is -0.911. The summed E-state index contributed by atoms with van der Waals surface area (Å²) >= 11 is 0. The molecule has 1 unspecified atom stereocenters. The van der Waals surface area contributed by atoms with E-state index in [1.807, 2.05) is 25.2 Å². The number of carbonyl (C=O) groups is 4. The monoisotopic (exact) mass is 655 g/mol. The molecular formula is C36H33N9O4. The van der Waals surface area contributed by atoms with Crippen LogP contribution in [0, 0.1) is 13.8 Å². The second kappa shape index (κ2) is 11.5. The van der Waals surface area contributed by atoms with Crippen LogP contribution in [0.15, 0.2) is 60.8 Å². The molecule has 0 radical (unpaired) electrons. The first kappa shape index (κ1) is 30.2. The molecule has 1 fully saturated rings. The van der Waals surface area contributed by atoms with E-state index in [9.17, 15) is 19.2 Å². The summed E-state index contributed by atoms with van der Waals surface area (Å²) in [5.41, 5.74) is 8.48. The van der Waals surface area contributed by atoms with Gasteiger partial charge in [-0.25, -0.2) is 9.67 Å². The van der Waals surface area contributed by atoms with Crippen molar-refractivity contribution in [2.24, 2.45) is 7.05 Å². The average molecular weight is 656 g/mol. The molecule has 8 rings (SSSR count). The molecule has 3 aliphatic rings. The minimum absolute atomic E-state index is 0.0792. The third-order valence-electron chi connectivity index (χ3n) is 9.57. The molecule has 3 aromatic carbocycles. The highest BCUT2D eigenvalue weighted by atomic mass is 16.2. The third-order valence-corrected chi connectivity index (χ3v) is 9.57. The van der Waals surface area contributed by atoms with Gasteiger partial charge >= 0.3 is 0 Å². The van der Waals surface area contributed by atoms with Crippen molar-refractivity contribution in [1.29, 1.82) is 0 Å². The number of aryl methyl sites for hydroxylation is 3. The van der Waals surface area contributed by atoms with Gasteiger partial charge in [-0.3, -0.25) is 29.4 Å². The normalized spacial score (nSPS) is 17.3. The zero-order valence-corrected chi connectivity index (χ0v) is 27.2. The Hall–Kier alpha value is -6.11. The number of nitrogens with one attached hydrogen (secondary N) is 3. The Kier molecular flexibility index (Phi) is 7.12. The van der Waals surface area contributed by atoms with Gasteiger partial charge in [-0.2, -0.15) is 10.1 Å².